The number of aromatic nitrogens is 4. The van der Waals surface area contributed by atoms with E-state index in [1.165, 1.54) is 76.9 Å². The molecule has 4 heterocycles. The first-order valence-electron chi connectivity index (χ1n) is 18.4. The van der Waals surface area contributed by atoms with Gasteiger partial charge in [-0.25, -0.2) is 4.98 Å². The fourth-order valence-electron chi connectivity index (χ4n) is 8.94. The molecule has 11 aromatic rings. The second kappa shape index (κ2) is 11.1. The Bertz CT molecular complexity index is 3330. The van der Waals surface area contributed by atoms with Crippen LogP contribution >= 0.6 is 0 Å². The molecule has 1 aliphatic carbocycles. The maximum Gasteiger partial charge on any atom is 0.138 e. The molecular formula is C50H30N4. The third-order valence-electron chi connectivity index (χ3n) is 11.4. The van der Waals surface area contributed by atoms with Gasteiger partial charge in [0.25, 0.3) is 0 Å². The van der Waals surface area contributed by atoms with Gasteiger partial charge in [0.05, 0.1) is 27.6 Å². The highest BCUT2D eigenvalue weighted by Crippen LogP contribution is 2.47. The maximum atomic E-state index is 5.10. The van der Waals surface area contributed by atoms with Gasteiger partial charge in [0.15, 0.2) is 0 Å². The molecule has 54 heavy (non-hydrogen) atoms. The molecule has 0 spiro atoms. The summed E-state index contributed by atoms with van der Waals surface area (Å²) in [7, 11) is 0. The highest BCUT2D eigenvalue weighted by Gasteiger charge is 2.24. The Hall–Kier alpha value is -7.30. The minimum atomic E-state index is 0.913. The third kappa shape index (κ3) is 4.13. The van der Waals surface area contributed by atoms with E-state index in [1.54, 1.807) is 0 Å². The molecule has 0 amide bonds. The Morgan fingerprint density at radius 2 is 0.963 bits per heavy atom. The Morgan fingerprint density at radius 3 is 1.74 bits per heavy atom. The first kappa shape index (κ1) is 29.3. The molecule has 7 aromatic carbocycles. The van der Waals surface area contributed by atoms with Crippen LogP contribution in [0.25, 0.3) is 111 Å². The van der Waals surface area contributed by atoms with Gasteiger partial charge in [0.2, 0.25) is 0 Å². The van der Waals surface area contributed by atoms with Gasteiger partial charge in [-0.05, 0) is 106 Å². The van der Waals surface area contributed by atoms with Crippen molar-refractivity contribution in [1.29, 1.82) is 0 Å². The molecule has 1 aliphatic rings. The number of nitrogens with zero attached hydrogens (tertiary/aromatic N) is 4. The zero-order valence-corrected chi connectivity index (χ0v) is 29.1. The zero-order valence-electron chi connectivity index (χ0n) is 29.1. The van der Waals surface area contributed by atoms with Crippen LogP contribution in [-0.2, 0) is 0 Å². The van der Waals surface area contributed by atoms with Gasteiger partial charge in [-0.15, -0.1) is 0 Å². The number of benzene rings is 7. The number of rotatable bonds is 4. The van der Waals surface area contributed by atoms with Crippen molar-refractivity contribution in [1.82, 2.24) is 19.1 Å². The van der Waals surface area contributed by atoms with Crippen LogP contribution in [0.4, 0.5) is 0 Å². The van der Waals surface area contributed by atoms with Crippen molar-refractivity contribution >= 4 is 54.5 Å². The van der Waals surface area contributed by atoms with Gasteiger partial charge in [-0.2, -0.15) is 0 Å². The van der Waals surface area contributed by atoms with Crippen LogP contribution in [0.2, 0.25) is 0 Å². The smallest absolute Gasteiger partial charge is 0.138 e. The average molecular weight is 687 g/mol. The Balaban J connectivity index is 1.01. The van der Waals surface area contributed by atoms with Crippen LogP contribution in [0.3, 0.4) is 0 Å². The van der Waals surface area contributed by atoms with E-state index in [2.05, 4.69) is 184 Å². The molecule has 4 nitrogen and oxygen atoms in total. The molecule has 0 N–H and O–H groups in total. The van der Waals surface area contributed by atoms with Gasteiger partial charge >= 0.3 is 0 Å². The lowest BCUT2D eigenvalue weighted by Crippen LogP contribution is -1.98. The summed E-state index contributed by atoms with van der Waals surface area (Å²) < 4.78 is 4.72. The van der Waals surface area contributed by atoms with Crippen molar-refractivity contribution in [3.63, 3.8) is 0 Å². The first-order chi connectivity index (χ1) is 26.8. The molecule has 0 saturated carbocycles. The van der Waals surface area contributed by atoms with Crippen molar-refractivity contribution in [3.05, 3.63) is 182 Å². The van der Waals surface area contributed by atoms with Crippen molar-refractivity contribution in [3.8, 4) is 56.0 Å². The number of pyridine rings is 2. The quantitative estimate of drug-likeness (QED) is 0.185. The van der Waals surface area contributed by atoms with Crippen LogP contribution in [0.1, 0.15) is 0 Å². The first-order valence-corrected chi connectivity index (χ1v) is 18.4. The molecule has 0 atom stereocenters. The lowest BCUT2D eigenvalue weighted by atomic mass is 10.0. The maximum absolute atomic E-state index is 5.10. The van der Waals surface area contributed by atoms with Crippen molar-refractivity contribution < 1.29 is 0 Å². The second-order valence-corrected chi connectivity index (χ2v) is 14.2. The summed E-state index contributed by atoms with van der Waals surface area (Å²) in [6, 6.07) is 61.5. The van der Waals surface area contributed by atoms with Gasteiger partial charge in [-0.3, -0.25) is 9.55 Å². The van der Waals surface area contributed by atoms with E-state index in [1.807, 2.05) is 12.4 Å². The Morgan fingerprint density at radius 1 is 0.352 bits per heavy atom. The molecule has 0 saturated heterocycles. The molecule has 12 rings (SSSR count). The molecule has 4 heteroatoms. The molecule has 0 fully saturated rings. The molecule has 0 bridgehead atoms. The van der Waals surface area contributed by atoms with E-state index in [0.29, 0.717) is 0 Å². The van der Waals surface area contributed by atoms with E-state index < -0.39 is 0 Å². The SMILES string of the molecule is c1ccc(-c2cccc(-n3c4ccccc4c4cc(-c5ccc6c(c5)c5ccccc5n6-c5cc6c(cn5)-c5ccnc7cccc-6c57)ccc43)c2)cc1. The van der Waals surface area contributed by atoms with Crippen LogP contribution in [0.5, 0.6) is 0 Å². The standard InChI is InChI=1S/C50H30N4/c1-2-10-31(11-3-1)32-12-8-13-35(26-32)53-45-18-6-4-14-36(45)41-27-33(20-22-47(41)53)34-21-23-48-42(28-34)37-15-5-7-19-46(37)54(48)49-29-40-38-16-9-17-44-50(38)39(24-25-51-44)43(40)30-52-49/h1-30H. The number of hydrogen-bond acceptors (Lipinski definition) is 2. The largest absolute Gasteiger partial charge is 0.309 e. The number of hydrogen-bond donors (Lipinski definition) is 0. The molecule has 0 radical (unpaired) electrons. The van der Waals surface area contributed by atoms with Gasteiger partial charge in [0, 0.05) is 50.6 Å². The predicted molar refractivity (Wildman–Crippen MR) is 224 cm³/mol. The van der Waals surface area contributed by atoms with E-state index in [0.717, 1.165) is 33.6 Å². The second-order valence-electron chi connectivity index (χ2n) is 14.2. The Kier molecular flexibility index (Phi) is 6.02. The summed E-state index contributed by atoms with van der Waals surface area (Å²) >= 11 is 0. The van der Waals surface area contributed by atoms with Crippen molar-refractivity contribution in [2.75, 3.05) is 0 Å². The minimum absolute atomic E-state index is 0.913. The molecular weight excluding hydrogens is 657 g/mol. The van der Waals surface area contributed by atoms with Gasteiger partial charge in [-0.1, -0.05) is 103 Å². The van der Waals surface area contributed by atoms with Crippen LogP contribution in [-0.4, -0.2) is 19.1 Å². The van der Waals surface area contributed by atoms with E-state index in [4.69, 9.17) is 4.98 Å². The monoisotopic (exact) mass is 686 g/mol. The van der Waals surface area contributed by atoms with Gasteiger partial charge < -0.3 is 4.57 Å². The number of para-hydroxylation sites is 2. The summed E-state index contributed by atoms with van der Waals surface area (Å²) in [4.78, 5) is 9.74. The lowest BCUT2D eigenvalue weighted by Gasteiger charge is -2.11. The highest BCUT2D eigenvalue weighted by atomic mass is 15.1. The van der Waals surface area contributed by atoms with Gasteiger partial charge in [0.1, 0.15) is 5.82 Å². The molecule has 0 aliphatic heterocycles. The molecule has 4 aromatic heterocycles. The highest BCUT2D eigenvalue weighted by molar-refractivity contribution is 6.15. The number of fused-ring (bicyclic) bond motifs is 9. The van der Waals surface area contributed by atoms with E-state index in [9.17, 15) is 0 Å². The Labute approximate surface area is 310 Å². The van der Waals surface area contributed by atoms with Crippen LogP contribution in [0, 0.1) is 0 Å². The fourth-order valence-corrected chi connectivity index (χ4v) is 8.94. The minimum Gasteiger partial charge on any atom is -0.309 e. The fraction of sp³-hybridized carbons (Fsp3) is 0. The summed E-state index contributed by atoms with van der Waals surface area (Å²) in [6.07, 6.45) is 3.94. The summed E-state index contributed by atoms with van der Waals surface area (Å²) in [5.41, 5.74) is 16.4. The normalized spacial score (nSPS) is 12.1. The van der Waals surface area contributed by atoms with Crippen molar-refractivity contribution in [2.45, 2.75) is 0 Å². The lowest BCUT2D eigenvalue weighted by molar-refractivity contribution is 1.08. The third-order valence-corrected chi connectivity index (χ3v) is 11.4. The average Bonchev–Trinajstić information content (AvgIpc) is 3.87. The van der Waals surface area contributed by atoms with E-state index >= 15 is 0 Å². The van der Waals surface area contributed by atoms with E-state index in [-0.39, 0.29) is 0 Å². The van der Waals surface area contributed by atoms with Crippen molar-refractivity contribution in [2.24, 2.45) is 0 Å². The molecule has 0 unspecified atom stereocenters. The summed E-state index contributed by atoms with van der Waals surface area (Å²) in [5.74, 6) is 0.913. The molecule has 250 valence electrons. The summed E-state index contributed by atoms with van der Waals surface area (Å²) in [6.45, 7) is 0. The predicted octanol–water partition coefficient (Wildman–Crippen LogP) is 12.8. The van der Waals surface area contributed by atoms with Crippen LogP contribution in [0.15, 0.2) is 182 Å². The van der Waals surface area contributed by atoms with Crippen LogP contribution < -0.4 is 0 Å². The topological polar surface area (TPSA) is 35.6 Å². The summed E-state index contributed by atoms with van der Waals surface area (Å²) in [5, 5.41) is 6.11. The zero-order chi connectivity index (χ0) is 35.3.